The smallest absolute Gasteiger partial charge is 0.0335 e. The number of benzene rings is 2. The van der Waals surface area contributed by atoms with Gasteiger partial charge in [0.1, 0.15) is 0 Å². The average molecular weight is 276 g/mol. The van der Waals surface area contributed by atoms with Crippen LogP contribution in [0.4, 0.5) is 0 Å². The monoisotopic (exact) mass is 275 g/mol. The Bertz CT molecular complexity index is 436. The van der Waals surface area contributed by atoms with Gasteiger partial charge in [-0.3, -0.25) is 0 Å². The lowest BCUT2D eigenvalue weighted by Crippen LogP contribution is -2.12. The summed E-state index contributed by atoms with van der Waals surface area (Å²) < 4.78 is 1.10. The van der Waals surface area contributed by atoms with E-state index >= 15 is 0 Å². The summed E-state index contributed by atoms with van der Waals surface area (Å²) in [4.78, 5) is 0. The molecule has 0 saturated heterocycles. The Morgan fingerprint density at radius 2 is 1.56 bits per heavy atom. The summed E-state index contributed by atoms with van der Waals surface area (Å²) in [5.41, 5.74) is 8.60. The fourth-order valence-corrected chi connectivity index (χ4v) is 1.96. The zero-order chi connectivity index (χ0) is 11.4. The van der Waals surface area contributed by atoms with Gasteiger partial charge in [0.2, 0.25) is 0 Å². The summed E-state index contributed by atoms with van der Waals surface area (Å²) in [5, 5.41) is 0. The number of hydrogen-bond donors (Lipinski definition) is 1. The van der Waals surface area contributed by atoms with Crippen LogP contribution in [0, 0.1) is 0 Å². The maximum absolute atomic E-state index is 6.15. The van der Waals surface area contributed by atoms with E-state index in [0.717, 1.165) is 10.9 Å². The standard InChI is InChI=1S/C14H14BrN/c15-13-8-6-11(7-9-13)10-14(16)12-4-2-1-3-5-12/h1-9,14H,10,16H2/t14-/m1/s1. The van der Waals surface area contributed by atoms with E-state index in [1.54, 1.807) is 0 Å². The van der Waals surface area contributed by atoms with Crippen molar-refractivity contribution in [1.29, 1.82) is 0 Å². The van der Waals surface area contributed by atoms with Gasteiger partial charge in [-0.05, 0) is 29.7 Å². The van der Waals surface area contributed by atoms with Gasteiger partial charge in [-0.15, -0.1) is 0 Å². The summed E-state index contributed by atoms with van der Waals surface area (Å²) in [6.45, 7) is 0. The molecule has 2 N–H and O–H groups in total. The van der Waals surface area contributed by atoms with Crippen LogP contribution in [0.1, 0.15) is 17.2 Å². The second kappa shape index (κ2) is 5.28. The van der Waals surface area contributed by atoms with Gasteiger partial charge >= 0.3 is 0 Å². The molecule has 2 aromatic carbocycles. The summed E-state index contributed by atoms with van der Waals surface area (Å²) in [6.07, 6.45) is 0.872. The molecule has 0 amide bonds. The van der Waals surface area contributed by atoms with Crippen molar-refractivity contribution in [3.63, 3.8) is 0 Å². The summed E-state index contributed by atoms with van der Waals surface area (Å²) in [7, 11) is 0. The van der Waals surface area contributed by atoms with Crippen LogP contribution in [0.15, 0.2) is 59.1 Å². The molecule has 0 radical (unpaired) electrons. The highest BCUT2D eigenvalue weighted by atomic mass is 79.9. The third-order valence-electron chi connectivity index (χ3n) is 2.60. The van der Waals surface area contributed by atoms with E-state index in [1.807, 2.05) is 30.3 Å². The van der Waals surface area contributed by atoms with Crippen LogP contribution in [0.3, 0.4) is 0 Å². The molecule has 0 aliphatic carbocycles. The minimum absolute atomic E-state index is 0.0716. The molecule has 2 rings (SSSR count). The van der Waals surface area contributed by atoms with Gasteiger partial charge in [-0.25, -0.2) is 0 Å². The van der Waals surface area contributed by atoms with E-state index in [2.05, 4.69) is 40.2 Å². The third-order valence-corrected chi connectivity index (χ3v) is 3.13. The maximum Gasteiger partial charge on any atom is 0.0335 e. The Morgan fingerprint density at radius 3 is 2.19 bits per heavy atom. The van der Waals surface area contributed by atoms with Crippen LogP contribution in [0.5, 0.6) is 0 Å². The molecule has 0 saturated carbocycles. The topological polar surface area (TPSA) is 26.0 Å². The van der Waals surface area contributed by atoms with Crippen molar-refractivity contribution in [1.82, 2.24) is 0 Å². The first-order valence-corrected chi connectivity index (χ1v) is 6.10. The lowest BCUT2D eigenvalue weighted by atomic mass is 10.00. The molecule has 2 aromatic rings. The van der Waals surface area contributed by atoms with Gasteiger partial charge < -0.3 is 5.73 Å². The second-order valence-corrected chi connectivity index (χ2v) is 4.76. The van der Waals surface area contributed by atoms with E-state index in [0.29, 0.717) is 0 Å². The largest absolute Gasteiger partial charge is 0.324 e. The molecule has 0 aromatic heterocycles. The molecule has 1 nitrogen and oxygen atoms in total. The van der Waals surface area contributed by atoms with Crippen molar-refractivity contribution in [3.05, 3.63) is 70.2 Å². The van der Waals surface area contributed by atoms with Crippen molar-refractivity contribution in [2.45, 2.75) is 12.5 Å². The maximum atomic E-state index is 6.15. The molecule has 2 heteroatoms. The summed E-state index contributed by atoms with van der Waals surface area (Å²) in [5.74, 6) is 0. The molecule has 0 bridgehead atoms. The van der Waals surface area contributed by atoms with Crippen molar-refractivity contribution in [2.24, 2.45) is 5.73 Å². The van der Waals surface area contributed by atoms with Crippen molar-refractivity contribution >= 4 is 15.9 Å². The van der Waals surface area contributed by atoms with E-state index in [-0.39, 0.29) is 6.04 Å². The zero-order valence-electron chi connectivity index (χ0n) is 8.94. The van der Waals surface area contributed by atoms with Crippen LogP contribution in [-0.4, -0.2) is 0 Å². The highest BCUT2D eigenvalue weighted by Crippen LogP contribution is 2.17. The first-order valence-electron chi connectivity index (χ1n) is 5.30. The summed E-state index contributed by atoms with van der Waals surface area (Å²) >= 11 is 3.43. The van der Waals surface area contributed by atoms with Gasteiger partial charge in [-0.1, -0.05) is 58.4 Å². The van der Waals surface area contributed by atoms with Crippen LogP contribution in [-0.2, 0) is 6.42 Å². The van der Waals surface area contributed by atoms with Crippen LogP contribution >= 0.6 is 15.9 Å². The first-order chi connectivity index (χ1) is 7.75. The lowest BCUT2D eigenvalue weighted by Gasteiger charge is -2.11. The Labute approximate surface area is 104 Å². The lowest BCUT2D eigenvalue weighted by molar-refractivity contribution is 0.722. The van der Waals surface area contributed by atoms with Crippen molar-refractivity contribution in [3.8, 4) is 0 Å². The predicted molar refractivity (Wildman–Crippen MR) is 71.2 cm³/mol. The van der Waals surface area contributed by atoms with Gasteiger partial charge in [0, 0.05) is 10.5 Å². The normalized spacial score (nSPS) is 12.4. The highest BCUT2D eigenvalue weighted by Gasteiger charge is 2.05. The van der Waals surface area contributed by atoms with Crippen LogP contribution in [0.25, 0.3) is 0 Å². The molecule has 0 fully saturated rings. The quantitative estimate of drug-likeness (QED) is 0.909. The van der Waals surface area contributed by atoms with Crippen LogP contribution < -0.4 is 5.73 Å². The number of hydrogen-bond acceptors (Lipinski definition) is 1. The fourth-order valence-electron chi connectivity index (χ4n) is 1.69. The average Bonchev–Trinajstić information content (AvgIpc) is 2.33. The Morgan fingerprint density at radius 1 is 0.938 bits per heavy atom. The van der Waals surface area contributed by atoms with Gasteiger partial charge in [0.25, 0.3) is 0 Å². The molecule has 16 heavy (non-hydrogen) atoms. The minimum Gasteiger partial charge on any atom is -0.324 e. The third kappa shape index (κ3) is 2.94. The summed E-state index contributed by atoms with van der Waals surface area (Å²) in [6, 6.07) is 18.6. The SMILES string of the molecule is N[C@H](Cc1ccc(Br)cc1)c1ccccc1. The number of rotatable bonds is 3. The molecule has 0 aliphatic heterocycles. The molecule has 82 valence electrons. The number of nitrogens with two attached hydrogens (primary N) is 1. The second-order valence-electron chi connectivity index (χ2n) is 3.85. The molecular formula is C14H14BrN. The molecule has 0 heterocycles. The Balaban J connectivity index is 2.08. The van der Waals surface area contributed by atoms with E-state index in [1.165, 1.54) is 11.1 Å². The van der Waals surface area contributed by atoms with Crippen molar-refractivity contribution in [2.75, 3.05) is 0 Å². The number of halogens is 1. The van der Waals surface area contributed by atoms with Crippen LogP contribution in [0.2, 0.25) is 0 Å². The molecule has 0 aliphatic rings. The van der Waals surface area contributed by atoms with E-state index in [9.17, 15) is 0 Å². The van der Waals surface area contributed by atoms with Crippen molar-refractivity contribution < 1.29 is 0 Å². The van der Waals surface area contributed by atoms with Gasteiger partial charge in [-0.2, -0.15) is 0 Å². The highest BCUT2D eigenvalue weighted by molar-refractivity contribution is 9.10. The zero-order valence-corrected chi connectivity index (χ0v) is 10.5. The van der Waals surface area contributed by atoms with Gasteiger partial charge in [0.15, 0.2) is 0 Å². The predicted octanol–water partition coefficient (Wildman–Crippen LogP) is 3.69. The van der Waals surface area contributed by atoms with Gasteiger partial charge in [0.05, 0.1) is 0 Å². The van der Waals surface area contributed by atoms with E-state index < -0.39 is 0 Å². The van der Waals surface area contributed by atoms with E-state index in [4.69, 9.17) is 5.73 Å². The Kier molecular flexibility index (Phi) is 3.75. The fraction of sp³-hybridized carbons (Fsp3) is 0.143. The molecule has 1 atom stereocenters. The molecule has 0 spiro atoms. The first kappa shape index (κ1) is 11.4. The molecular weight excluding hydrogens is 262 g/mol. The minimum atomic E-state index is 0.0716. The molecule has 0 unspecified atom stereocenters. The Hall–Kier alpha value is -1.12.